The van der Waals surface area contributed by atoms with Gasteiger partial charge in [-0.05, 0) is 89.9 Å². The van der Waals surface area contributed by atoms with Crippen LogP contribution in [-0.2, 0) is 61.6 Å². The highest BCUT2D eigenvalue weighted by Gasteiger charge is 2.70. The molecule has 0 aromatic carbocycles. The Bertz CT molecular complexity index is 1700. The Morgan fingerprint density at radius 3 is 1.83 bits per heavy atom. The first-order valence-electron chi connectivity index (χ1n) is 24.3. The Hall–Kier alpha value is -1.27. The first-order valence-corrected chi connectivity index (χ1v) is 24.3. The molecule has 18 heteroatoms. The maximum atomic E-state index is 12.7. The van der Waals surface area contributed by atoms with Gasteiger partial charge in [0.25, 0.3) is 0 Å². The van der Waals surface area contributed by atoms with Crippen LogP contribution in [0, 0.1) is 28.6 Å². The second kappa shape index (κ2) is 20.1. The topological polar surface area (TPSA) is 229 Å². The van der Waals surface area contributed by atoms with Crippen molar-refractivity contribution in [3.05, 3.63) is 11.6 Å². The molecule has 25 atom stereocenters. The number of fused-ring (bicyclic) bond motifs is 5. The molecule has 4 aliphatic heterocycles. The summed E-state index contributed by atoms with van der Waals surface area (Å²) in [6.45, 7) is 11.2. The molecule has 0 aromatic rings. The third-order valence-electron chi connectivity index (χ3n) is 17.7. The SMILES string of the molecule is CO[C@@H]1[C@H](O)[C@H](O[C@H]2C(C)O[C@@H](O[C@H]3C(O)O[C@@H](O[C@H]4C(C)O[C@@H](O[C@H]5CC[C@@]6(C)C(=CC[C@@H]7[C@@H]6C[C@@H](O)[C@]6(C)[C@@H](C(C)=O)CC[C@]76O)C5)C[C@H]4OC)C[C@H]3OC)C[C@H]2OC)OC(C)[C@@H]1O. The molecule has 4 heterocycles. The number of aliphatic hydroxyl groups is 5. The van der Waals surface area contributed by atoms with Crippen LogP contribution in [0.2, 0.25) is 0 Å². The fourth-order valence-corrected chi connectivity index (χ4v) is 13.7. The van der Waals surface area contributed by atoms with Crippen molar-refractivity contribution < 1.29 is 87.2 Å². The number of rotatable bonds is 13. The van der Waals surface area contributed by atoms with Crippen molar-refractivity contribution in [2.45, 2.75) is 228 Å². The molecule has 66 heavy (non-hydrogen) atoms. The molecular formula is C48H78O18. The van der Waals surface area contributed by atoms with E-state index in [1.807, 2.05) is 13.8 Å². The van der Waals surface area contributed by atoms with E-state index in [0.29, 0.717) is 32.1 Å². The Kier molecular flexibility index (Phi) is 15.6. The van der Waals surface area contributed by atoms with Crippen molar-refractivity contribution in [2.75, 3.05) is 28.4 Å². The maximum Gasteiger partial charge on any atom is 0.187 e. The molecular weight excluding hydrogens is 865 g/mol. The van der Waals surface area contributed by atoms with Crippen molar-refractivity contribution in [1.29, 1.82) is 0 Å². The number of hydrogen-bond acceptors (Lipinski definition) is 18. The first kappa shape index (κ1) is 51.1. The Morgan fingerprint density at radius 1 is 0.652 bits per heavy atom. The molecule has 8 aliphatic rings. The number of aliphatic hydroxyl groups excluding tert-OH is 4. The van der Waals surface area contributed by atoms with Gasteiger partial charge in [-0.1, -0.05) is 25.5 Å². The zero-order chi connectivity index (χ0) is 47.6. The van der Waals surface area contributed by atoms with Crippen LogP contribution in [0.1, 0.15) is 106 Å². The van der Waals surface area contributed by atoms with Gasteiger partial charge in [0, 0.05) is 59.0 Å². The second-order valence-electron chi connectivity index (χ2n) is 21.0. The summed E-state index contributed by atoms with van der Waals surface area (Å²) in [5.41, 5.74) is -0.825. The van der Waals surface area contributed by atoms with E-state index in [-0.39, 0.29) is 47.9 Å². The van der Waals surface area contributed by atoms with E-state index in [2.05, 4.69) is 13.0 Å². The van der Waals surface area contributed by atoms with Crippen LogP contribution in [-0.4, -0.2) is 182 Å². The van der Waals surface area contributed by atoms with Crippen LogP contribution in [0.25, 0.3) is 0 Å². The molecule has 8 rings (SSSR count). The van der Waals surface area contributed by atoms with E-state index < -0.39 is 122 Å². The summed E-state index contributed by atoms with van der Waals surface area (Å²) >= 11 is 0. The van der Waals surface area contributed by atoms with Crippen molar-refractivity contribution in [3.63, 3.8) is 0 Å². The van der Waals surface area contributed by atoms with E-state index in [4.69, 9.17) is 56.8 Å². The second-order valence-corrected chi connectivity index (χ2v) is 21.0. The van der Waals surface area contributed by atoms with Gasteiger partial charge in [-0.3, -0.25) is 4.79 Å². The van der Waals surface area contributed by atoms with Crippen molar-refractivity contribution in [1.82, 2.24) is 0 Å². The number of carbonyl (C=O) groups is 1. The van der Waals surface area contributed by atoms with Crippen LogP contribution in [0.15, 0.2) is 11.6 Å². The number of allylic oxidation sites excluding steroid dienone is 1. The number of ether oxygens (including phenoxy) is 12. The summed E-state index contributed by atoms with van der Waals surface area (Å²) in [5, 5.41) is 56.7. The average molecular weight is 943 g/mol. The molecule has 0 radical (unpaired) electrons. The van der Waals surface area contributed by atoms with E-state index >= 15 is 0 Å². The molecule has 4 unspecified atom stereocenters. The summed E-state index contributed by atoms with van der Waals surface area (Å²) in [6, 6.07) is 0. The van der Waals surface area contributed by atoms with E-state index in [1.54, 1.807) is 27.9 Å². The molecule has 0 aromatic heterocycles. The number of hydrogen-bond donors (Lipinski definition) is 5. The highest BCUT2D eigenvalue weighted by atomic mass is 16.8. The predicted molar refractivity (Wildman–Crippen MR) is 231 cm³/mol. The van der Waals surface area contributed by atoms with Crippen molar-refractivity contribution >= 4 is 5.78 Å². The van der Waals surface area contributed by atoms with Crippen molar-refractivity contribution in [3.8, 4) is 0 Å². The minimum atomic E-state index is -1.44. The molecule has 0 amide bonds. The first-order chi connectivity index (χ1) is 31.3. The van der Waals surface area contributed by atoms with Crippen LogP contribution < -0.4 is 0 Å². The number of carbonyl (C=O) groups excluding carboxylic acids is 1. The average Bonchev–Trinajstić information content (AvgIpc) is 3.57. The molecule has 4 aliphatic carbocycles. The van der Waals surface area contributed by atoms with Gasteiger partial charge in [-0.15, -0.1) is 0 Å². The van der Waals surface area contributed by atoms with Gasteiger partial charge < -0.3 is 82.4 Å². The molecule has 4 saturated heterocycles. The third-order valence-corrected chi connectivity index (χ3v) is 17.7. The lowest BCUT2D eigenvalue weighted by atomic mass is 9.45. The molecule has 0 spiro atoms. The summed E-state index contributed by atoms with van der Waals surface area (Å²) in [7, 11) is 6.10. The molecule has 0 bridgehead atoms. The van der Waals surface area contributed by atoms with E-state index in [0.717, 1.165) is 19.3 Å². The monoisotopic (exact) mass is 943 g/mol. The van der Waals surface area contributed by atoms with Gasteiger partial charge in [0.1, 0.15) is 42.4 Å². The fourth-order valence-electron chi connectivity index (χ4n) is 13.7. The Balaban J connectivity index is 0.837. The van der Waals surface area contributed by atoms with Gasteiger partial charge in [0.05, 0.1) is 54.4 Å². The van der Waals surface area contributed by atoms with Crippen LogP contribution in [0.3, 0.4) is 0 Å². The fraction of sp³-hybridized carbons (Fsp3) is 0.938. The highest BCUT2D eigenvalue weighted by Crippen LogP contribution is 2.68. The lowest BCUT2D eigenvalue weighted by Crippen LogP contribution is -2.66. The minimum Gasteiger partial charge on any atom is -0.392 e. The predicted octanol–water partition coefficient (Wildman–Crippen LogP) is 2.64. The van der Waals surface area contributed by atoms with Gasteiger partial charge in [-0.25, -0.2) is 0 Å². The lowest BCUT2D eigenvalue weighted by Gasteiger charge is -2.62. The number of Topliss-reactive ketones (excluding diaryl/α,β-unsaturated/α-hetero) is 1. The molecule has 3 saturated carbocycles. The summed E-state index contributed by atoms with van der Waals surface area (Å²) in [6.07, 6.45) is -6.35. The summed E-state index contributed by atoms with van der Waals surface area (Å²) < 4.78 is 73.1. The number of methoxy groups -OCH3 is 4. The van der Waals surface area contributed by atoms with E-state index in [1.165, 1.54) is 26.9 Å². The van der Waals surface area contributed by atoms with Crippen LogP contribution >= 0.6 is 0 Å². The Labute approximate surface area is 389 Å². The highest BCUT2D eigenvalue weighted by molar-refractivity contribution is 5.80. The zero-order valence-electron chi connectivity index (χ0n) is 40.4. The maximum absolute atomic E-state index is 12.7. The quantitative estimate of drug-likeness (QED) is 0.167. The third kappa shape index (κ3) is 9.03. The molecule has 5 N–H and O–H groups in total. The van der Waals surface area contributed by atoms with E-state index in [9.17, 15) is 30.3 Å². The standard InChI is InChI=1S/C48H78O18/c1-22(49)28-14-16-48(54)29-12-11-26-17-27(13-15-46(26,5)30(29)18-34(50)47(28,48)6)62-35-19-31(55-7)40(24(3)59-35)63-37-21-33(57-9)42(44(53)65-37)64-36-20-32(56-8)41(25(4)60-36)66-45-39(52)43(58-10)38(51)23(2)61-45/h11,23-25,27-45,50-54H,12-21H2,1-10H3/t23?,24?,25?,27-,28+,29+,30-,31+,32+,33+,34+,35-,36-,37+,38-,39-,40-,41-,42+,43-,44?,45-,46-,47-,48-/m0/s1. The summed E-state index contributed by atoms with van der Waals surface area (Å²) in [4.78, 5) is 12.7. The van der Waals surface area contributed by atoms with Gasteiger partial charge >= 0.3 is 0 Å². The van der Waals surface area contributed by atoms with Gasteiger partial charge in [0.2, 0.25) is 0 Å². The smallest absolute Gasteiger partial charge is 0.187 e. The van der Waals surface area contributed by atoms with Crippen LogP contribution in [0.4, 0.5) is 0 Å². The van der Waals surface area contributed by atoms with Gasteiger partial charge in [0.15, 0.2) is 31.5 Å². The number of ketones is 1. The minimum absolute atomic E-state index is 0.0189. The molecule has 7 fully saturated rings. The molecule has 378 valence electrons. The lowest BCUT2D eigenvalue weighted by molar-refractivity contribution is -0.375. The Morgan fingerprint density at radius 2 is 1.23 bits per heavy atom. The zero-order valence-corrected chi connectivity index (χ0v) is 40.4. The van der Waals surface area contributed by atoms with Crippen LogP contribution in [0.5, 0.6) is 0 Å². The normalized spacial score (nSPS) is 53.0. The largest absolute Gasteiger partial charge is 0.392 e. The molecule has 18 nitrogen and oxygen atoms in total. The summed E-state index contributed by atoms with van der Waals surface area (Å²) in [5.74, 6) is -0.201. The van der Waals surface area contributed by atoms with Gasteiger partial charge in [-0.2, -0.15) is 0 Å². The van der Waals surface area contributed by atoms with Crippen molar-refractivity contribution in [2.24, 2.45) is 28.6 Å².